The molecule has 1 aliphatic rings. The molecule has 11 heteroatoms. The summed E-state index contributed by atoms with van der Waals surface area (Å²) in [6.07, 6.45) is 1.69. The third-order valence-electron chi connectivity index (χ3n) is 5.86. The predicted molar refractivity (Wildman–Crippen MR) is 155 cm³/mol. The number of hydrogen-bond acceptors (Lipinski definition) is 9. The van der Waals surface area contributed by atoms with Crippen LogP contribution in [0.2, 0.25) is 0 Å². The Hall–Kier alpha value is -3.63. The fourth-order valence-electron chi connectivity index (χ4n) is 4.27. The highest BCUT2D eigenvalue weighted by molar-refractivity contribution is 14.1. The Morgan fingerprint density at radius 1 is 1.21 bits per heavy atom. The zero-order valence-electron chi connectivity index (χ0n) is 21.8. The molecular weight excluding hydrogens is 633 g/mol. The molecule has 202 valence electrons. The van der Waals surface area contributed by atoms with E-state index in [0.717, 1.165) is 9.13 Å². The number of nitriles is 1. The van der Waals surface area contributed by atoms with Gasteiger partial charge in [-0.25, -0.2) is 9.79 Å². The predicted octanol–water partition coefficient (Wildman–Crippen LogP) is 3.71. The highest BCUT2D eigenvalue weighted by Gasteiger charge is 2.33. The number of rotatable bonds is 9. The Labute approximate surface area is 242 Å². The maximum atomic E-state index is 13.9. The number of allylic oxidation sites excluding steroid dienone is 1. The van der Waals surface area contributed by atoms with Crippen LogP contribution in [0.1, 0.15) is 37.9 Å². The lowest BCUT2D eigenvalue weighted by Gasteiger charge is -2.24. The van der Waals surface area contributed by atoms with Crippen LogP contribution < -0.4 is 29.1 Å². The van der Waals surface area contributed by atoms with Gasteiger partial charge in [-0.05, 0) is 79.3 Å². The minimum absolute atomic E-state index is 0.182. The molecule has 0 fully saturated rings. The average Bonchev–Trinajstić information content (AvgIpc) is 3.21. The van der Waals surface area contributed by atoms with Crippen molar-refractivity contribution in [3.05, 3.63) is 82.1 Å². The van der Waals surface area contributed by atoms with Crippen molar-refractivity contribution in [2.75, 3.05) is 26.9 Å². The van der Waals surface area contributed by atoms with Crippen LogP contribution in [0.15, 0.2) is 57.5 Å². The number of ether oxygens (including phenoxy) is 4. The van der Waals surface area contributed by atoms with Crippen molar-refractivity contribution in [3.8, 4) is 23.3 Å². The van der Waals surface area contributed by atoms with Crippen LogP contribution in [0.25, 0.3) is 6.08 Å². The van der Waals surface area contributed by atoms with Crippen LogP contribution in [0.5, 0.6) is 17.2 Å². The Morgan fingerprint density at radius 3 is 2.59 bits per heavy atom. The summed E-state index contributed by atoms with van der Waals surface area (Å²) in [5, 5.41) is 9.06. The molecule has 0 amide bonds. The second-order valence-corrected chi connectivity index (χ2v) is 10.5. The highest BCUT2D eigenvalue weighted by Crippen LogP contribution is 2.34. The number of fused-ring (bicyclic) bond motifs is 1. The van der Waals surface area contributed by atoms with E-state index in [-0.39, 0.29) is 18.8 Å². The zero-order chi connectivity index (χ0) is 28.1. The fourth-order valence-corrected chi connectivity index (χ4v) is 5.92. The number of methoxy groups -OCH3 is 1. The van der Waals surface area contributed by atoms with Crippen molar-refractivity contribution in [3.63, 3.8) is 0 Å². The molecule has 4 rings (SSSR count). The van der Waals surface area contributed by atoms with Crippen molar-refractivity contribution in [1.29, 1.82) is 5.26 Å². The van der Waals surface area contributed by atoms with Crippen LogP contribution in [0.3, 0.4) is 0 Å². The van der Waals surface area contributed by atoms with Gasteiger partial charge in [-0.1, -0.05) is 23.5 Å². The second-order valence-electron chi connectivity index (χ2n) is 8.28. The quantitative estimate of drug-likeness (QED) is 0.255. The van der Waals surface area contributed by atoms with E-state index >= 15 is 0 Å². The maximum Gasteiger partial charge on any atom is 0.338 e. The van der Waals surface area contributed by atoms with Gasteiger partial charge in [0.25, 0.3) is 5.56 Å². The molecule has 0 N–H and O–H groups in total. The normalized spacial score (nSPS) is 14.8. The number of aromatic nitrogens is 1. The number of carbonyl (C=O) groups is 1. The van der Waals surface area contributed by atoms with E-state index in [1.165, 1.54) is 23.0 Å². The summed E-state index contributed by atoms with van der Waals surface area (Å²) >= 11 is 3.35. The Balaban J connectivity index is 1.94. The van der Waals surface area contributed by atoms with Gasteiger partial charge in [0, 0.05) is 9.13 Å². The molecule has 0 saturated carbocycles. The van der Waals surface area contributed by atoms with Gasteiger partial charge in [-0.3, -0.25) is 9.36 Å². The van der Waals surface area contributed by atoms with Crippen LogP contribution in [-0.4, -0.2) is 37.5 Å². The van der Waals surface area contributed by atoms with Gasteiger partial charge in [0.1, 0.15) is 11.8 Å². The first-order valence-corrected chi connectivity index (χ1v) is 14.0. The van der Waals surface area contributed by atoms with Crippen molar-refractivity contribution in [1.82, 2.24) is 4.57 Å². The number of thiazole rings is 1. The third-order valence-corrected chi connectivity index (χ3v) is 7.47. The zero-order valence-corrected chi connectivity index (χ0v) is 24.8. The first kappa shape index (κ1) is 28.4. The van der Waals surface area contributed by atoms with Gasteiger partial charge in [-0.2, -0.15) is 5.26 Å². The Bertz CT molecular complexity index is 1650. The number of nitrogens with zero attached hydrogens (tertiary/aromatic N) is 3. The molecule has 0 unspecified atom stereocenters. The lowest BCUT2D eigenvalue weighted by molar-refractivity contribution is -0.139. The lowest BCUT2D eigenvalue weighted by Crippen LogP contribution is -2.39. The van der Waals surface area contributed by atoms with Crippen LogP contribution in [0.4, 0.5) is 0 Å². The van der Waals surface area contributed by atoms with Crippen LogP contribution in [0, 0.1) is 14.9 Å². The van der Waals surface area contributed by atoms with E-state index in [1.54, 1.807) is 26.0 Å². The van der Waals surface area contributed by atoms with Crippen molar-refractivity contribution >= 4 is 46.0 Å². The van der Waals surface area contributed by atoms with Crippen molar-refractivity contribution in [2.45, 2.75) is 26.8 Å². The molecule has 0 saturated heterocycles. The summed E-state index contributed by atoms with van der Waals surface area (Å²) < 4.78 is 24.8. The number of carbonyl (C=O) groups excluding carboxylic acids is 1. The fraction of sp³-hybridized carbons (Fsp3) is 0.286. The second kappa shape index (κ2) is 12.5. The summed E-state index contributed by atoms with van der Waals surface area (Å²) in [5.74, 6) is 0.965. The molecule has 1 aliphatic heterocycles. The van der Waals surface area contributed by atoms with Gasteiger partial charge in [0.2, 0.25) is 0 Å². The Morgan fingerprint density at radius 2 is 1.95 bits per heavy atom. The minimum atomic E-state index is -0.738. The Kier molecular flexibility index (Phi) is 9.08. The average molecular weight is 660 g/mol. The number of esters is 1. The van der Waals surface area contributed by atoms with Crippen molar-refractivity contribution in [2.24, 2.45) is 4.99 Å². The van der Waals surface area contributed by atoms with E-state index in [0.29, 0.717) is 50.0 Å². The van der Waals surface area contributed by atoms with Gasteiger partial charge in [-0.15, -0.1) is 0 Å². The molecule has 9 nitrogen and oxygen atoms in total. The summed E-state index contributed by atoms with van der Waals surface area (Å²) in [6, 6.07) is 12.1. The third kappa shape index (κ3) is 5.86. The molecule has 1 atom stereocenters. The van der Waals surface area contributed by atoms with E-state index in [2.05, 4.69) is 27.6 Å². The summed E-state index contributed by atoms with van der Waals surface area (Å²) in [5.41, 5.74) is 1.76. The summed E-state index contributed by atoms with van der Waals surface area (Å²) in [6.45, 7) is 5.90. The number of halogens is 1. The molecule has 0 spiro atoms. The lowest BCUT2D eigenvalue weighted by atomic mass is 9.96. The smallest absolute Gasteiger partial charge is 0.338 e. The molecular formula is C28H26IN3O6S. The topological polar surface area (TPSA) is 112 Å². The monoisotopic (exact) mass is 659 g/mol. The van der Waals surface area contributed by atoms with Gasteiger partial charge in [0.05, 0.1) is 42.2 Å². The molecule has 1 aromatic heterocycles. The van der Waals surface area contributed by atoms with Gasteiger partial charge in [0.15, 0.2) is 22.9 Å². The van der Waals surface area contributed by atoms with Crippen molar-refractivity contribution < 1.29 is 23.7 Å². The van der Waals surface area contributed by atoms with Gasteiger partial charge >= 0.3 is 5.97 Å². The van der Waals surface area contributed by atoms with E-state index in [1.807, 2.05) is 43.3 Å². The largest absolute Gasteiger partial charge is 0.494 e. The SMILES string of the molecule is CCOC(=O)C1=C(C)N=c2s/c(=C\c3cc(I)cc(OC)c3OCC#N)c(=O)n2[C@H]1c1ccc(OCC)cc1. The molecule has 2 aromatic carbocycles. The molecule has 3 aromatic rings. The molecule has 0 radical (unpaired) electrons. The number of hydrogen-bond donors (Lipinski definition) is 0. The van der Waals surface area contributed by atoms with E-state index < -0.39 is 12.0 Å². The highest BCUT2D eigenvalue weighted by atomic mass is 127. The molecule has 2 heterocycles. The number of benzene rings is 2. The standard InChI is InChI=1S/C28H26IN3O6S/c1-5-36-20-9-7-17(8-10-20)24-23(27(34)37-6-2)16(3)31-28-32(24)26(33)22(39-28)14-18-13-19(29)15-21(35-4)25(18)38-12-11-30/h7-10,13-15,24H,5-6,12H2,1-4H3/b22-14-/t24-/m0/s1. The van der Waals surface area contributed by atoms with E-state index in [4.69, 9.17) is 24.2 Å². The maximum absolute atomic E-state index is 13.9. The first-order chi connectivity index (χ1) is 18.8. The molecule has 0 aliphatic carbocycles. The summed E-state index contributed by atoms with van der Waals surface area (Å²) in [7, 11) is 1.51. The molecule has 0 bridgehead atoms. The van der Waals surface area contributed by atoms with Gasteiger partial charge < -0.3 is 18.9 Å². The minimum Gasteiger partial charge on any atom is -0.494 e. The summed E-state index contributed by atoms with van der Waals surface area (Å²) in [4.78, 5) is 32.1. The van der Waals surface area contributed by atoms with Crippen LogP contribution >= 0.6 is 33.9 Å². The first-order valence-electron chi connectivity index (χ1n) is 12.1. The molecule has 39 heavy (non-hydrogen) atoms. The van der Waals surface area contributed by atoms with Crippen LogP contribution in [-0.2, 0) is 9.53 Å². The van der Waals surface area contributed by atoms with E-state index in [9.17, 15) is 9.59 Å².